The van der Waals surface area contributed by atoms with Crippen molar-refractivity contribution in [2.75, 3.05) is 9.80 Å². The first-order valence-corrected chi connectivity index (χ1v) is 27.9. The molecule has 0 spiro atoms. The Kier molecular flexibility index (Phi) is 14.5. The highest BCUT2D eigenvalue weighted by Crippen LogP contribution is 2.59. The highest BCUT2D eigenvalue weighted by Gasteiger charge is 2.58. The first kappa shape index (κ1) is 47.8. The van der Waals surface area contributed by atoms with Crippen LogP contribution in [0.5, 0.6) is 0 Å². The van der Waals surface area contributed by atoms with Crippen LogP contribution in [0.1, 0.15) is 201 Å². The van der Waals surface area contributed by atoms with E-state index in [1.807, 2.05) is 0 Å². The fraction of sp³-hybridized carbons (Fsp3) is 0.656. The number of benzene rings is 2. The van der Waals surface area contributed by atoms with E-state index in [1.165, 1.54) is 119 Å². The topological polar surface area (TPSA) is 6.48 Å². The third kappa shape index (κ3) is 10.1. The summed E-state index contributed by atoms with van der Waals surface area (Å²) in [4.78, 5) is 6.07. The van der Waals surface area contributed by atoms with Gasteiger partial charge < -0.3 is 9.80 Å². The summed E-state index contributed by atoms with van der Waals surface area (Å²) in [5.41, 5.74) is 11.2. The lowest BCUT2D eigenvalue weighted by molar-refractivity contribution is -0.0149. The molecule has 66 heavy (non-hydrogen) atoms. The zero-order valence-electron chi connectivity index (χ0n) is 43.6. The maximum atomic E-state index is 3.08. The van der Waals surface area contributed by atoms with Crippen molar-refractivity contribution in [1.82, 2.24) is 0 Å². The van der Waals surface area contributed by atoms with Gasteiger partial charge in [-0.05, 0) is 188 Å². The summed E-state index contributed by atoms with van der Waals surface area (Å²) >= 11 is 0. The molecule has 2 heteroatoms. The van der Waals surface area contributed by atoms with E-state index in [0.717, 1.165) is 30.6 Å². The van der Waals surface area contributed by atoms with Crippen LogP contribution in [0.15, 0.2) is 108 Å². The standard InChI is InChI=1S/C64H92N2/c1-43(2)45-21-31-53(32-22-45)65(55-35-25-49(26-36-55)47-17-13-11-14-18-47)61-57-39-29-52(64(8,9)10)42-60(57)62(58-40-30-51(41-59(58)61)63(5,6)7)66(54-33-23-46(24-34-54)44(3)4)56-37-27-50(28-38-56)48-19-15-12-16-20-48/h21-23,25-29,31-35,37-38,43-44,46-48,51,55,57-62H,11-20,24,30,36,39-42H2,1-10H3/t46?,51?,55?,57?,58-,59?,60+,61?,62?/m0/s1. The van der Waals surface area contributed by atoms with Gasteiger partial charge in [0.1, 0.15) is 0 Å². The minimum Gasteiger partial charge on any atom is -0.361 e. The van der Waals surface area contributed by atoms with Crippen LogP contribution < -0.4 is 9.80 Å². The van der Waals surface area contributed by atoms with Crippen molar-refractivity contribution < 1.29 is 0 Å². The molecule has 7 aliphatic rings. The van der Waals surface area contributed by atoms with Gasteiger partial charge in [0, 0.05) is 29.2 Å². The maximum absolute atomic E-state index is 3.08. The maximum Gasteiger partial charge on any atom is 0.0514 e. The number of hydrogen-bond donors (Lipinski definition) is 0. The average molecular weight is 889 g/mol. The van der Waals surface area contributed by atoms with Crippen molar-refractivity contribution in [1.29, 1.82) is 0 Å². The van der Waals surface area contributed by atoms with Gasteiger partial charge in [-0.2, -0.15) is 0 Å². The predicted octanol–water partition coefficient (Wildman–Crippen LogP) is 17.9. The molecule has 2 aromatic carbocycles. The molecule has 0 bridgehead atoms. The Hall–Kier alpha value is -3.26. The molecule has 7 aliphatic carbocycles. The Morgan fingerprint density at radius 3 is 1.80 bits per heavy atom. The van der Waals surface area contributed by atoms with Gasteiger partial charge >= 0.3 is 0 Å². The number of nitrogens with zero attached hydrogens (tertiary/aromatic N) is 2. The van der Waals surface area contributed by atoms with Crippen LogP contribution in [0, 0.1) is 58.2 Å². The van der Waals surface area contributed by atoms with Gasteiger partial charge in [0.25, 0.3) is 0 Å². The van der Waals surface area contributed by atoms with Crippen LogP contribution in [0.3, 0.4) is 0 Å². The second-order valence-corrected chi connectivity index (χ2v) is 25.7. The van der Waals surface area contributed by atoms with E-state index < -0.39 is 0 Å². The lowest BCUT2D eigenvalue weighted by atomic mass is 9.51. The Bertz CT molecular complexity index is 2080. The van der Waals surface area contributed by atoms with Crippen LogP contribution in [0.25, 0.3) is 0 Å². The quantitative estimate of drug-likeness (QED) is 0.219. The van der Waals surface area contributed by atoms with Gasteiger partial charge in [0.15, 0.2) is 0 Å². The fourth-order valence-electron chi connectivity index (χ4n) is 14.9. The SMILES string of the molecule is CC(C)c1ccc(N(C2C=CC(C3CCCCC3)=CC2)C2C3CC=C(C(C)(C)C)C[C@H]3C(N(C3=CCC(C(C)C)C=C3)c3ccc(C4CCCCC4)cc3)[C@H]3CCC(C(C)(C)C)CC23)cc1. The Labute approximate surface area is 404 Å². The van der Waals surface area contributed by atoms with Crippen LogP contribution in [-0.2, 0) is 0 Å². The third-order valence-corrected chi connectivity index (χ3v) is 19.1. The summed E-state index contributed by atoms with van der Waals surface area (Å²) in [5.74, 6) is 6.29. The summed E-state index contributed by atoms with van der Waals surface area (Å²) in [5, 5.41) is 0. The molecule has 2 aromatic rings. The van der Waals surface area contributed by atoms with Crippen LogP contribution in [0.2, 0.25) is 0 Å². The van der Waals surface area contributed by atoms with E-state index in [4.69, 9.17) is 0 Å². The van der Waals surface area contributed by atoms with E-state index in [-0.39, 0.29) is 10.8 Å². The van der Waals surface area contributed by atoms with Crippen molar-refractivity contribution in [3.63, 3.8) is 0 Å². The first-order chi connectivity index (χ1) is 31.7. The Morgan fingerprint density at radius 2 is 1.23 bits per heavy atom. The lowest BCUT2D eigenvalue weighted by Crippen LogP contribution is -2.66. The van der Waals surface area contributed by atoms with Gasteiger partial charge in [0.2, 0.25) is 0 Å². The fourth-order valence-corrected chi connectivity index (χ4v) is 14.9. The molecule has 7 unspecified atom stereocenters. The third-order valence-electron chi connectivity index (χ3n) is 19.1. The summed E-state index contributed by atoms with van der Waals surface area (Å²) in [6, 6.07) is 21.6. The first-order valence-electron chi connectivity index (χ1n) is 27.9. The summed E-state index contributed by atoms with van der Waals surface area (Å²) in [6.45, 7) is 24.7. The normalized spacial score (nSPS) is 31.2. The van der Waals surface area contributed by atoms with Gasteiger partial charge in [-0.1, -0.05) is 174 Å². The minimum atomic E-state index is 0.158. The van der Waals surface area contributed by atoms with Crippen molar-refractivity contribution in [3.05, 3.63) is 119 Å². The second-order valence-electron chi connectivity index (χ2n) is 25.7. The molecule has 0 radical (unpaired) electrons. The molecule has 9 atom stereocenters. The molecule has 0 amide bonds. The number of allylic oxidation sites excluding steroid dienone is 7. The smallest absolute Gasteiger partial charge is 0.0514 e. The molecule has 0 N–H and O–H groups in total. The highest BCUT2D eigenvalue weighted by atomic mass is 15.2. The second kappa shape index (κ2) is 20.0. The summed E-state index contributed by atoms with van der Waals surface area (Å²) in [7, 11) is 0. The number of fused-ring (bicyclic) bond motifs is 2. The van der Waals surface area contributed by atoms with E-state index >= 15 is 0 Å². The zero-order chi connectivity index (χ0) is 46.3. The van der Waals surface area contributed by atoms with Crippen molar-refractivity contribution in [3.8, 4) is 0 Å². The molecule has 0 heterocycles. The van der Waals surface area contributed by atoms with Crippen molar-refractivity contribution in [2.24, 2.45) is 58.2 Å². The monoisotopic (exact) mass is 889 g/mol. The predicted molar refractivity (Wildman–Crippen MR) is 285 cm³/mol. The molecule has 2 nitrogen and oxygen atoms in total. The molecule has 9 rings (SSSR count). The van der Waals surface area contributed by atoms with E-state index in [9.17, 15) is 0 Å². The van der Waals surface area contributed by atoms with E-state index in [0.29, 0.717) is 59.6 Å². The molecule has 0 aromatic heterocycles. The Morgan fingerprint density at radius 1 is 0.561 bits per heavy atom. The molecule has 358 valence electrons. The van der Waals surface area contributed by atoms with Gasteiger partial charge in [-0.15, -0.1) is 0 Å². The van der Waals surface area contributed by atoms with Gasteiger partial charge in [-0.25, -0.2) is 0 Å². The molecular weight excluding hydrogens is 797 g/mol. The Balaban J connectivity index is 1.19. The molecule has 4 fully saturated rings. The molecule has 0 aliphatic heterocycles. The molecule has 4 saturated carbocycles. The summed E-state index contributed by atoms with van der Waals surface area (Å²) < 4.78 is 0. The number of anilines is 2. The van der Waals surface area contributed by atoms with Gasteiger partial charge in [-0.3, -0.25) is 0 Å². The van der Waals surface area contributed by atoms with Gasteiger partial charge in [0.05, 0.1) is 6.04 Å². The highest BCUT2D eigenvalue weighted by molar-refractivity contribution is 5.59. The zero-order valence-corrected chi connectivity index (χ0v) is 43.6. The molecule has 0 saturated heterocycles. The number of hydrogen-bond acceptors (Lipinski definition) is 2. The van der Waals surface area contributed by atoms with Crippen LogP contribution in [0.4, 0.5) is 11.4 Å². The molecular formula is C64H92N2. The van der Waals surface area contributed by atoms with Crippen LogP contribution >= 0.6 is 0 Å². The minimum absolute atomic E-state index is 0.158. The number of rotatable bonds is 10. The average Bonchev–Trinajstić information content (AvgIpc) is 3.32. The van der Waals surface area contributed by atoms with Crippen molar-refractivity contribution in [2.45, 2.75) is 208 Å². The van der Waals surface area contributed by atoms with Crippen molar-refractivity contribution >= 4 is 11.4 Å². The lowest BCUT2D eigenvalue weighted by Gasteiger charge is -2.63. The largest absolute Gasteiger partial charge is 0.361 e. The van der Waals surface area contributed by atoms with Crippen LogP contribution in [-0.4, -0.2) is 18.1 Å². The summed E-state index contributed by atoms with van der Waals surface area (Å²) in [6.07, 6.45) is 41.1. The van der Waals surface area contributed by atoms with E-state index in [2.05, 4.69) is 170 Å². The van der Waals surface area contributed by atoms with E-state index in [1.54, 1.807) is 16.7 Å².